The molecule has 0 unspecified atom stereocenters. The molecule has 0 aliphatic rings. The fourth-order valence-corrected chi connectivity index (χ4v) is 2.58. The van der Waals surface area contributed by atoms with Crippen molar-refractivity contribution in [2.75, 3.05) is 0 Å². The minimum atomic E-state index is 0.425. The monoisotopic (exact) mass is 367 g/mol. The third-order valence-corrected chi connectivity index (χ3v) is 3.81. The van der Waals surface area contributed by atoms with Crippen LogP contribution in [0, 0.1) is 6.92 Å². The van der Waals surface area contributed by atoms with Crippen LogP contribution in [0.3, 0.4) is 0 Å². The van der Waals surface area contributed by atoms with Gasteiger partial charge >= 0.3 is 0 Å². The summed E-state index contributed by atoms with van der Waals surface area (Å²) in [6.45, 7) is 7.01. The standard InChI is InChI=1S/C17H19BrClNO/c1-11(2)20-10-13-9-14(18)4-6-17(13)21-16-7-5-15(19)8-12(16)3/h4-9,11,20H,10H2,1-3H3. The quantitative estimate of drug-likeness (QED) is 0.730. The van der Waals surface area contributed by atoms with Crippen molar-refractivity contribution in [3.05, 3.63) is 57.0 Å². The van der Waals surface area contributed by atoms with Crippen molar-refractivity contribution in [2.24, 2.45) is 0 Å². The van der Waals surface area contributed by atoms with Crippen LogP contribution in [0.1, 0.15) is 25.0 Å². The van der Waals surface area contributed by atoms with Gasteiger partial charge in [-0.2, -0.15) is 0 Å². The first kappa shape index (κ1) is 16.3. The van der Waals surface area contributed by atoms with Crippen LogP contribution in [-0.2, 0) is 6.54 Å². The molecule has 0 saturated heterocycles. The average Bonchev–Trinajstić information content (AvgIpc) is 2.41. The molecular formula is C17H19BrClNO. The van der Waals surface area contributed by atoms with Crippen LogP contribution < -0.4 is 10.1 Å². The second-order valence-electron chi connectivity index (χ2n) is 5.30. The molecule has 0 aliphatic heterocycles. The molecule has 112 valence electrons. The lowest BCUT2D eigenvalue weighted by atomic mass is 10.2. The van der Waals surface area contributed by atoms with Crippen LogP contribution in [0.5, 0.6) is 11.5 Å². The van der Waals surface area contributed by atoms with Crippen LogP contribution in [0.2, 0.25) is 5.02 Å². The van der Waals surface area contributed by atoms with Gasteiger partial charge < -0.3 is 10.1 Å². The number of ether oxygens (including phenoxy) is 1. The van der Waals surface area contributed by atoms with E-state index in [1.54, 1.807) is 0 Å². The summed E-state index contributed by atoms with van der Waals surface area (Å²) >= 11 is 9.50. The van der Waals surface area contributed by atoms with Crippen LogP contribution in [0.25, 0.3) is 0 Å². The third-order valence-electron chi connectivity index (χ3n) is 3.08. The Morgan fingerprint density at radius 1 is 1.14 bits per heavy atom. The van der Waals surface area contributed by atoms with Crippen molar-refractivity contribution in [1.82, 2.24) is 5.32 Å². The van der Waals surface area contributed by atoms with Gasteiger partial charge in [-0.3, -0.25) is 0 Å². The van der Waals surface area contributed by atoms with E-state index in [1.807, 2.05) is 37.3 Å². The molecule has 0 spiro atoms. The van der Waals surface area contributed by atoms with E-state index >= 15 is 0 Å². The Morgan fingerprint density at radius 2 is 1.86 bits per heavy atom. The van der Waals surface area contributed by atoms with Crippen molar-refractivity contribution >= 4 is 27.5 Å². The molecule has 0 atom stereocenters. The molecule has 0 heterocycles. The maximum Gasteiger partial charge on any atom is 0.132 e. The fraction of sp³-hybridized carbons (Fsp3) is 0.294. The second kappa shape index (κ2) is 7.30. The zero-order valence-electron chi connectivity index (χ0n) is 12.4. The molecule has 2 aromatic carbocycles. The number of nitrogens with one attached hydrogen (secondary N) is 1. The van der Waals surface area contributed by atoms with E-state index in [4.69, 9.17) is 16.3 Å². The molecule has 1 N–H and O–H groups in total. The minimum absolute atomic E-state index is 0.425. The first-order chi connectivity index (χ1) is 9.95. The van der Waals surface area contributed by atoms with Gasteiger partial charge in [0.25, 0.3) is 0 Å². The Hall–Kier alpha value is -1.03. The predicted octanol–water partition coefficient (Wildman–Crippen LogP) is 5.70. The summed E-state index contributed by atoms with van der Waals surface area (Å²) in [5.41, 5.74) is 2.14. The highest BCUT2D eigenvalue weighted by atomic mass is 79.9. The number of hydrogen-bond acceptors (Lipinski definition) is 2. The number of halogens is 2. The van der Waals surface area contributed by atoms with Crippen molar-refractivity contribution in [3.63, 3.8) is 0 Å². The van der Waals surface area contributed by atoms with Gasteiger partial charge in [-0.15, -0.1) is 0 Å². The van der Waals surface area contributed by atoms with E-state index in [2.05, 4.69) is 41.2 Å². The third kappa shape index (κ3) is 4.73. The first-order valence-corrected chi connectivity index (χ1v) is 8.08. The van der Waals surface area contributed by atoms with Crippen LogP contribution >= 0.6 is 27.5 Å². The molecule has 0 fully saturated rings. The zero-order chi connectivity index (χ0) is 15.4. The molecule has 21 heavy (non-hydrogen) atoms. The Morgan fingerprint density at radius 3 is 2.52 bits per heavy atom. The van der Waals surface area contributed by atoms with Crippen molar-refractivity contribution in [1.29, 1.82) is 0 Å². The topological polar surface area (TPSA) is 21.3 Å². The fourth-order valence-electron chi connectivity index (χ4n) is 1.95. The van der Waals surface area contributed by atoms with E-state index in [1.165, 1.54) is 0 Å². The molecule has 0 radical (unpaired) electrons. The Bertz CT molecular complexity index is 628. The minimum Gasteiger partial charge on any atom is -0.457 e. The van der Waals surface area contributed by atoms with Crippen molar-refractivity contribution in [2.45, 2.75) is 33.4 Å². The Balaban J connectivity index is 2.26. The highest BCUT2D eigenvalue weighted by Crippen LogP contribution is 2.31. The summed E-state index contributed by atoms with van der Waals surface area (Å²) in [5.74, 6) is 1.68. The van der Waals surface area contributed by atoms with E-state index in [-0.39, 0.29) is 0 Å². The lowest BCUT2D eigenvalue weighted by Crippen LogP contribution is -2.22. The molecule has 2 aromatic rings. The Labute approximate surface area is 139 Å². The van der Waals surface area contributed by atoms with Gasteiger partial charge in [0.1, 0.15) is 11.5 Å². The van der Waals surface area contributed by atoms with Gasteiger partial charge in [0.2, 0.25) is 0 Å². The van der Waals surface area contributed by atoms with E-state index in [0.29, 0.717) is 6.04 Å². The molecule has 0 saturated carbocycles. The summed E-state index contributed by atoms with van der Waals surface area (Å²) in [6, 6.07) is 12.1. The summed E-state index contributed by atoms with van der Waals surface area (Å²) in [7, 11) is 0. The van der Waals surface area contributed by atoms with Gasteiger partial charge in [-0.25, -0.2) is 0 Å². The normalized spacial score (nSPS) is 11.0. The van der Waals surface area contributed by atoms with Gasteiger partial charge in [0.05, 0.1) is 0 Å². The smallest absolute Gasteiger partial charge is 0.132 e. The molecule has 2 rings (SSSR count). The van der Waals surface area contributed by atoms with Crippen molar-refractivity contribution < 1.29 is 4.74 Å². The number of rotatable bonds is 5. The number of aryl methyl sites for hydroxylation is 1. The largest absolute Gasteiger partial charge is 0.457 e. The molecule has 0 aliphatic carbocycles. The van der Waals surface area contributed by atoms with Gasteiger partial charge in [0.15, 0.2) is 0 Å². The van der Waals surface area contributed by atoms with Crippen molar-refractivity contribution in [3.8, 4) is 11.5 Å². The van der Waals surface area contributed by atoms with Crippen LogP contribution in [-0.4, -0.2) is 6.04 Å². The highest BCUT2D eigenvalue weighted by molar-refractivity contribution is 9.10. The summed E-state index contributed by atoms with van der Waals surface area (Å²) < 4.78 is 7.11. The summed E-state index contributed by atoms with van der Waals surface area (Å²) in [6.07, 6.45) is 0. The molecule has 2 nitrogen and oxygen atoms in total. The Kier molecular flexibility index (Phi) is 5.68. The summed E-state index contributed by atoms with van der Waals surface area (Å²) in [4.78, 5) is 0. The molecule has 0 amide bonds. The molecule has 0 aromatic heterocycles. The van der Waals surface area contributed by atoms with Gasteiger partial charge in [-0.05, 0) is 48.9 Å². The lowest BCUT2D eigenvalue weighted by Gasteiger charge is -2.15. The second-order valence-corrected chi connectivity index (χ2v) is 6.65. The van der Waals surface area contributed by atoms with E-state index in [0.717, 1.165) is 38.7 Å². The molecule has 0 bridgehead atoms. The SMILES string of the molecule is Cc1cc(Cl)ccc1Oc1ccc(Br)cc1CNC(C)C. The predicted molar refractivity (Wildman–Crippen MR) is 92.4 cm³/mol. The zero-order valence-corrected chi connectivity index (χ0v) is 14.8. The maximum absolute atomic E-state index is 6.06. The first-order valence-electron chi connectivity index (χ1n) is 6.91. The van der Waals surface area contributed by atoms with Crippen LogP contribution in [0.4, 0.5) is 0 Å². The summed E-state index contributed by atoms with van der Waals surface area (Å²) in [5, 5.41) is 4.14. The maximum atomic E-state index is 6.06. The van der Waals surface area contributed by atoms with E-state index in [9.17, 15) is 0 Å². The van der Waals surface area contributed by atoms with Gasteiger partial charge in [-0.1, -0.05) is 41.4 Å². The number of hydrogen-bond donors (Lipinski definition) is 1. The molecule has 4 heteroatoms. The van der Waals surface area contributed by atoms with Crippen LogP contribution in [0.15, 0.2) is 40.9 Å². The van der Waals surface area contributed by atoms with E-state index < -0.39 is 0 Å². The lowest BCUT2D eigenvalue weighted by molar-refractivity contribution is 0.466. The highest BCUT2D eigenvalue weighted by Gasteiger charge is 2.08. The average molecular weight is 369 g/mol. The number of benzene rings is 2. The van der Waals surface area contributed by atoms with Gasteiger partial charge in [0, 0.05) is 27.6 Å². The molecular weight excluding hydrogens is 350 g/mol.